The maximum atomic E-state index is 13.2. The average molecular weight is 497 g/mol. The first-order chi connectivity index (χ1) is 18.1. The van der Waals surface area contributed by atoms with Gasteiger partial charge in [-0.2, -0.15) is 5.10 Å². The summed E-state index contributed by atoms with van der Waals surface area (Å²) in [7, 11) is 0. The van der Waals surface area contributed by atoms with E-state index in [1.807, 2.05) is 54.7 Å². The Morgan fingerprint density at radius 2 is 1.81 bits per heavy atom. The molecule has 8 nitrogen and oxygen atoms in total. The maximum absolute atomic E-state index is 13.2. The van der Waals surface area contributed by atoms with Gasteiger partial charge >= 0.3 is 0 Å². The van der Waals surface area contributed by atoms with Crippen molar-refractivity contribution in [1.82, 2.24) is 19.7 Å². The Balaban J connectivity index is 1.29. The number of nitrogens with zero attached hydrogens (tertiary/aromatic N) is 3. The van der Waals surface area contributed by atoms with Gasteiger partial charge in [-0.05, 0) is 48.6 Å². The molecule has 0 saturated heterocycles. The van der Waals surface area contributed by atoms with Crippen LogP contribution in [0.3, 0.4) is 0 Å². The Kier molecular flexibility index (Phi) is 7.74. The smallest absolute Gasteiger partial charge is 0.257 e. The molecule has 1 fully saturated rings. The van der Waals surface area contributed by atoms with Crippen molar-refractivity contribution >= 4 is 23.5 Å². The third kappa shape index (κ3) is 6.52. The number of carbonyl (C=O) groups is 2. The highest BCUT2D eigenvalue weighted by Crippen LogP contribution is 2.27. The minimum atomic E-state index is -0.214. The van der Waals surface area contributed by atoms with E-state index < -0.39 is 0 Å². The van der Waals surface area contributed by atoms with Crippen LogP contribution in [-0.2, 0) is 17.8 Å². The summed E-state index contributed by atoms with van der Waals surface area (Å²) in [6.07, 6.45) is 12.5. The summed E-state index contributed by atoms with van der Waals surface area (Å²) in [4.78, 5) is 30.4. The average Bonchev–Trinajstić information content (AvgIpc) is 3.60. The van der Waals surface area contributed by atoms with Gasteiger partial charge in [-0.1, -0.05) is 49.6 Å². The number of para-hydroxylation sites is 1. The van der Waals surface area contributed by atoms with Crippen molar-refractivity contribution in [3.05, 3.63) is 84.4 Å². The Labute approximate surface area is 216 Å². The third-order valence-corrected chi connectivity index (χ3v) is 6.85. The van der Waals surface area contributed by atoms with Crippen LogP contribution in [0.4, 0.5) is 11.6 Å². The van der Waals surface area contributed by atoms with Crippen LogP contribution < -0.4 is 10.6 Å². The molecule has 1 aliphatic rings. The second kappa shape index (κ2) is 11.7. The van der Waals surface area contributed by atoms with Gasteiger partial charge in [0.2, 0.25) is 11.9 Å². The van der Waals surface area contributed by atoms with Crippen LogP contribution in [0, 0.1) is 5.92 Å². The van der Waals surface area contributed by atoms with E-state index in [-0.39, 0.29) is 11.8 Å². The number of benzene rings is 2. The van der Waals surface area contributed by atoms with Crippen molar-refractivity contribution in [3.8, 4) is 11.1 Å². The highest BCUT2D eigenvalue weighted by Gasteiger charge is 2.19. The van der Waals surface area contributed by atoms with Gasteiger partial charge in [0, 0.05) is 48.6 Å². The fourth-order valence-corrected chi connectivity index (χ4v) is 4.89. The molecule has 190 valence electrons. The van der Waals surface area contributed by atoms with E-state index in [1.165, 1.54) is 32.1 Å². The van der Waals surface area contributed by atoms with E-state index in [1.54, 1.807) is 18.5 Å². The molecular weight excluding hydrogens is 464 g/mol. The largest absolute Gasteiger partial charge is 0.326 e. The zero-order valence-corrected chi connectivity index (χ0v) is 20.8. The summed E-state index contributed by atoms with van der Waals surface area (Å²) >= 11 is 0. The Morgan fingerprint density at radius 1 is 0.973 bits per heavy atom. The van der Waals surface area contributed by atoms with E-state index in [9.17, 15) is 9.59 Å². The van der Waals surface area contributed by atoms with Crippen molar-refractivity contribution < 1.29 is 9.59 Å². The van der Waals surface area contributed by atoms with Gasteiger partial charge in [0.05, 0.1) is 11.9 Å². The van der Waals surface area contributed by atoms with Crippen molar-refractivity contribution in [3.63, 3.8) is 0 Å². The number of anilines is 2. The molecule has 0 unspecified atom stereocenters. The summed E-state index contributed by atoms with van der Waals surface area (Å²) in [6.45, 7) is 0.813. The lowest BCUT2D eigenvalue weighted by Gasteiger charge is -2.22. The molecule has 3 N–H and O–H groups in total. The molecule has 0 spiro atoms. The molecule has 0 bridgehead atoms. The SMILES string of the molecule is O=C(CCc1cn(CC2CCCCC2)c(NC(=O)c2cccc(-c3cn[nH]c3)c2)n1)Nc1ccccc1. The molecule has 2 aromatic heterocycles. The first-order valence-electron chi connectivity index (χ1n) is 13.0. The van der Waals surface area contributed by atoms with Crippen molar-refractivity contribution in [2.24, 2.45) is 5.92 Å². The molecule has 0 radical (unpaired) electrons. The number of imidazole rings is 1. The van der Waals surface area contributed by atoms with Crippen LogP contribution in [-0.4, -0.2) is 31.6 Å². The lowest BCUT2D eigenvalue weighted by Crippen LogP contribution is -2.19. The third-order valence-electron chi connectivity index (χ3n) is 6.85. The minimum absolute atomic E-state index is 0.0605. The molecule has 2 aromatic carbocycles. The Hall–Kier alpha value is -4.20. The summed E-state index contributed by atoms with van der Waals surface area (Å²) in [5.74, 6) is 0.823. The van der Waals surface area contributed by atoms with Gasteiger partial charge in [-0.15, -0.1) is 0 Å². The predicted molar refractivity (Wildman–Crippen MR) is 144 cm³/mol. The van der Waals surface area contributed by atoms with Crippen molar-refractivity contribution in [2.45, 2.75) is 51.5 Å². The summed E-state index contributed by atoms with van der Waals surface area (Å²) in [5.41, 5.74) is 3.96. The number of amides is 2. The number of rotatable bonds is 9. The van der Waals surface area contributed by atoms with Crippen LogP contribution in [0.1, 0.15) is 54.6 Å². The van der Waals surface area contributed by atoms with E-state index in [0.717, 1.165) is 29.1 Å². The molecule has 1 aliphatic carbocycles. The highest BCUT2D eigenvalue weighted by molar-refractivity contribution is 6.04. The molecular formula is C29H32N6O2. The zero-order chi connectivity index (χ0) is 25.5. The van der Waals surface area contributed by atoms with Crippen molar-refractivity contribution in [2.75, 3.05) is 10.6 Å². The standard InChI is InChI=1S/C29H32N6O2/c36-27(32-25-12-5-2-6-13-25)15-14-26-20-35(19-21-8-3-1-4-9-21)29(33-26)34-28(37)23-11-7-10-22(16-23)24-17-30-31-18-24/h2,5-7,10-13,16-18,20-21H,1,3-4,8-9,14-15,19H2,(H,30,31)(H,32,36)(H,33,34,37). The molecule has 0 atom stereocenters. The summed E-state index contributed by atoms with van der Waals surface area (Å²) in [6, 6.07) is 16.9. The van der Waals surface area contributed by atoms with Crippen molar-refractivity contribution in [1.29, 1.82) is 0 Å². The van der Waals surface area contributed by atoms with E-state index in [2.05, 4.69) is 25.4 Å². The normalized spacial score (nSPS) is 13.8. The van der Waals surface area contributed by atoms with Crippen LogP contribution >= 0.6 is 0 Å². The number of hydrogen-bond donors (Lipinski definition) is 3. The second-order valence-electron chi connectivity index (χ2n) is 9.65. The van der Waals surface area contributed by atoms with Crippen LogP contribution in [0.2, 0.25) is 0 Å². The maximum Gasteiger partial charge on any atom is 0.257 e. The fraction of sp³-hybridized carbons (Fsp3) is 0.310. The lowest BCUT2D eigenvalue weighted by molar-refractivity contribution is -0.116. The number of aromatic amines is 1. The zero-order valence-electron chi connectivity index (χ0n) is 20.8. The van der Waals surface area contributed by atoms with Gasteiger partial charge < -0.3 is 9.88 Å². The number of H-pyrrole nitrogens is 1. The van der Waals surface area contributed by atoms with Gasteiger partial charge in [0.1, 0.15) is 0 Å². The molecule has 2 amide bonds. The molecule has 1 saturated carbocycles. The Bertz CT molecular complexity index is 1320. The predicted octanol–water partition coefficient (Wildman–Crippen LogP) is 5.68. The van der Waals surface area contributed by atoms with Crippen LogP contribution in [0.15, 0.2) is 73.2 Å². The molecule has 8 heteroatoms. The number of nitrogens with one attached hydrogen (secondary N) is 3. The van der Waals surface area contributed by atoms with E-state index >= 15 is 0 Å². The quantitative estimate of drug-likeness (QED) is 0.277. The summed E-state index contributed by atoms with van der Waals surface area (Å²) < 4.78 is 2.05. The van der Waals surface area contributed by atoms with Gasteiger partial charge in [-0.25, -0.2) is 4.98 Å². The molecule has 37 heavy (non-hydrogen) atoms. The minimum Gasteiger partial charge on any atom is -0.326 e. The number of hydrogen-bond acceptors (Lipinski definition) is 4. The number of carbonyl (C=O) groups excluding carboxylic acids is 2. The Morgan fingerprint density at radius 3 is 2.59 bits per heavy atom. The van der Waals surface area contributed by atoms with E-state index in [0.29, 0.717) is 30.3 Å². The number of aryl methyl sites for hydroxylation is 1. The van der Waals surface area contributed by atoms with Gasteiger partial charge in [-0.3, -0.25) is 20.0 Å². The monoisotopic (exact) mass is 496 g/mol. The molecule has 5 rings (SSSR count). The topological polar surface area (TPSA) is 105 Å². The lowest BCUT2D eigenvalue weighted by atomic mass is 9.89. The highest BCUT2D eigenvalue weighted by atomic mass is 16.2. The second-order valence-corrected chi connectivity index (χ2v) is 9.65. The molecule has 4 aromatic rings. The fourth-order valence-electron chi connectivity index (χ4n) is 4.89. The summed E-state index contributed by atoms with van der Waals surface area (Å²) in [5, 5.41) is 12.7. The number of aromatic nitrogens is 4. The molecule has 2 heterocycles. The first-order valence-corrected chi connectivity index (χ1v) is 13.0. The first kappa shape index (κ1) is 24.5. The van der Waals surface area contributed by atoms with Crippen LogP contribution in [0.5, 0.6) is 0 Å². The molecule has 0 aliphatic heterocycles. The van der Waals surface area contributed by atoms with Gasteiger partial charge in [0.15, 0.2) is 0 Å². The van der Waals surface area contributed by atoms with Gasteiger partial charge in [0.25, 0.3) is 5.91 Å². The van der Waals surface area contributed by atoms with Crippen LogP contribution in [0.25, 0.3) is 11.1 Å². The van der Waals surface area contributed by atoms with E-state index in [4.69, 9.17) is 4.98 Å².